The number of nitrogens with one attached hydrogen (secondary N) is 2. The highest BCUT2D eigenvalue weighted by Gasteiger charge is 2.44. The van der Waals surface area contributed by atoms with Gasteiger partial charge in [-0.2, -0.15) is 0 Å². The number of urea groups is 1. The van der Waals surface area contributed by atoms with Crippen LogP contribution >= 0.6 is 0 Å². The van der Waals surface area contributed by atoms with Gasteiger partial charge < -0.3 is 36.2 Å². The maximum atomic E-state index is 12.7. The van der Waals surface area contributed by atoms with Gasteiger partial charge in [0.15, 0.2) is 11.9 Å². The van der Waals surface area contributed by atoms with E-state index in [1.54, 1.807) is 16.8 Å². The zero-order chi connectivity index (χ0) is 29.2. The first kappa shape index (κ1) is 29.7. The third-order valence-electron chi connectivity index (χ3n) is 7.55. The minimum absolute atomic E-state index is 0.0494. The van der Waals surface area contributed by atoms with Crippen molar-refractivity contribution in [1.29, 1.82) is 0 Å². The van der Waals surface area contributed by atoms with Gasteiger partial charge >= 0.3 is 6.03 Å². The quantitative estimate of drug-likeness (QED) is 0.271. The van der Waals surface area contributed by atoms with Gasteiger partial charge in [-0.15, -0.1) is 0 Å². The Kier molecular flexibility index (Phi) is 8.99. The topological polar surface area (TPSA) is 151 Å². The fourth-order valence-corrected chi connectivity index (χ4v) is 4.97. The summed E-state index contributed by atoms with van der Waals surface area (Å²) in [6.45, 7) is 11.7. The molecule has 2 aromatic heterocycles. The molecular weight excluding hydrogens is 510 g/mol. The molecule has 2 amide bonds. The van der Waals surface area contributed by atoms with Gasteiger partial charge in [0.1, 0.15) is 23.8 Å². The van der Waals surface area contributed by atoms with Crippen molar-refractivity contribution < 1.29 is 19.7 Å². The van der Waals surface area contributed by atoms with Crippen LogP contribution < -0.4 is 16.4 Å². The monoisotopic (exact) mass is 553 g/mol. The van der Waals surface area contributed by atoms with Crippen LogP contribution in [-0.2, 0) is 10.2 Å². The van der Waals surface area contributed by atoms with Crippen molar-refractivity contribution in [3.05, 3.63) is 48.4 Å². The molecule has 218 valence electrons. The molecule has 1 aliphatic rings. The zero-order valence-electron chi connectivity index (χ0n) is 24.2. The molecule has 40 heavy (non-hydrogen) atoms. The highest BCUT2D eigenvalue weighted by atomic mass is 16.6. The van der Waals surface area contributed by atoms with Crippen LogP contribution in [0.5, 0.6) is 0 Å². The summed E-state index contributed by atoms with van der Waals surface area (Å²) in [5, 5.41) is 27.5. The largest absolute Gasteiger partial charge is 0.397 e. The van der Waals surface area contributed by atoms with Gasteiger partial charge in [0.25, 0.3) is 0 Å². The van der Waals surface area contributed by atoms with E-state index in [2.05, 4.69) is 55.2 Å². The smallest absolute Gasteiger partial charge is 0.319 e. The second-order valence-electron chi connectivity index (χ2n) is 12.1. The van der Waals surface area contributed by atoms with Crippen molar-refractivity contribution in [1.82, 2.24) is 24.8 Å². The predicted octanol–water partition coefficient (Wildman–Crippen LogP) is 3.10. The van der Waals surface area contributed by atoms with Crippen LogP contribution in [0.15, 0.2) is 42.9 Å². The molecule has 4 rings (SSSR count). The number of carbonyl (C=O) groups excluding carboxylic acids is 1. The Hall–Kier alpha value is -3.25. The molecule has 6 N–H and O–H groups in total. The van der Waals surface area contributed by atoms with Gasteiger partial charge in [-0.05, 0) is 55.1 Å². The number of fused-ring (bicyclic) bond motifs is 1. The van der Waals surface area contributed by atoms with Gasteiger partial charge in [-0.1, -0.05) is 46.8 Å². The predicted molar refractivity (Wildman–Crippen MR) is 156 cm³/mol. The molecule has 11 nitrogen and oxygen atoms in total. The molecular formula is C29H43N7O4. The fraction of sp³-hybridized carbons (Fsp3) is 0.552. The van der Waals surface area contributed by atoms with E-state index in [0.29, 0.717) is 36.4 Å². The second kappa shape index (κ2) is 12.1. The first-order valence-corrected chi connectivity index (χ1v) is 13.8. The molecule has 0 radical (unpaired) electrons. The standard InChI is InChI=1S/C29H43N7O4/c1-17(2)21(34-28(39)33-19-9-7-18(8-10-19)29(3,4)5)12-14-35(6)15-22-24(37)25(38)27(40-22)36-16-32-23-20(30)11-13-31-26(23)36/h7-11,13,16-17,21-22,24-25,27,37-38H,12,14-15H2,1-6H3,(H2,30,31)(H2,33,34,39)/t21-,22+,24+,25+,27+/m0/s1. The van der Waals surface area contributed by atoms with Gasteiger partial charge in [-0.3, -0.25) is 4.57 Å². The van der Waals surface area contributed by atoms with Crippen LogP contribution in [0, 0.1) is 5.92 Å². The second-order valence-corrected chi connectivity index (χ2v) is 12.1. The molecule has 1 fully saturated rings. The lowest BCUT2D eigenvalue weighted by Crippen LogP contribution is -2.44. The number of nitrogens with zero attached hydrogens (tertiary/aromatic N) is 4. The minimum Gasteiger partial charge on any atom is -0.397 e. The van der Waals surface area contributed by atoms with Crippen LogP contribution in [0.4, 0.5) is 16.2 Å². The molecule has 3 heterocycles. The number of hydrogen-bond acceptors (Lipinski definition) is 8. The van der Waals surface area contributed by atoms with Crippen molar-refractivity contribution in [3.8, 4) is 0 Å². The normalized spacial score (nSPS) is 22.2. The maximum absolute atomic E-state index is 12.7. The van der Waals surface area contributed by atoms with Crippen LogP contribution in [0.2, 0.25) is 0 Å². The number of pyridine rings is 1. The Morgan fingerprint density at radius 3 is 2.50 bits per heavy atom. The van der Waals surface area contributed by atoms with E-state index in [4.69, 9.17) is 10.5 Å². The summed E-state index contributed by atoms with van der Waals surface area (Å²) in [6.07, 6.45) is 0.109. The average Bonchev–Trinajstić information content (AvgIpc) is 3.43. The number of imidazole rings is 1. The third-order valence-corrected chi connectivity index (χ3v) is 7.55. The van der Waals surface area contributed by atoms with E-state index in [9.17, 15) is 15.0 Å². The Balaban J connectivity index is 1.30. The molecule has 3 aromatic rings. The number of nitrogens with two attached hydrogens (primary N) is 1. The average molecular weight is 554 g/mol. The fourth-order valence-electron chi connectivity index (χ4n) is 4.97. The summed E-state index contributed by atoms with van der Waals surface area (Å²) in [4.78, 5) is 23.4. The molecule has 1 saturated heterocycles. The Morgan fingerprint density at radius 1 is 1.15 bits per heavy atom. The highest BCUT2D eigenvalue weighted by Crippen LogP contribution is 2.32. The number of hydrogen-bond donors (Lipinski definition) is 5. The van der Waals surface area contributed by atoms with E-state index in [-0.39, 0.29) is 23.4 Å². The van der Waals surface area contributed by atoms with E-state index < -0.39 is 24.5 Å². The van der Waals surface area contributed by atoms with Gasteiger partial charge in [0.2, 0.25) is 0 Å². The number of nitrogen functional groups attached to an aromatic ring is 1. The van der Waals surface area contributed by atoms with Gasteiger partial charge in [0, 0.05) is 24.5 Å². The molecule has 1 aromatic carbocycles. The highest BCUT2D eigenvalue weighted by molar-refractivity contribution is 5.89. The van der Waals surface area contributed by atoms with Crippen molar-refractivity contribution in [2.45, 2.75) is 77.0 Å². The van der Waals surface area contributed by atoms with Crippen LogP contribution in [0.25, 0.3) is 11.2 Å². The Bertz CT molecular complexity index is 1290. The van der Waals surface area contributed by atoms with E-state index in [1.807, 2.05) is 36.2 Å². The number of anilines is 2. The van der Waals surface area contributed by atoms with Crippen LogP contribution in [-0.4, -0.2) is 80.2 Å². The molecule has 0 aliphatic carbocycles. The summed E-state index contributed by atoms with van der Waals surface area (Å²) in [5.41, 5.74) is 9.47. The molecule has 11 heteroatoms. The number of aliphatic hydroxyl groups excluding tert-OH is 2. The third kappa shape index (κ3) is 6.72. The molecule has 1 aliphatic heterocycles. The SMILES string of the molecule is CC(C)[C@H](CCN(C)C[C@H]1O[C@@H](n2cnc3c(N)ccnc32)[C@H](O)[C@@H]1O)NC(=O)Nc1ccc(C(C)(C)C)cc1. The lowest BCUT2D eigenvalue weighted by atomic mass is 9.87. The summed E-state index contributed by atoms with van der Waals surface area (Å²) in [6, 6.07) is 9.27. The summed E-state index contributed by atoms with van der Waals surface area (Å²) in [7, 11) is 1.93. The number of rotatable bonds is 9. The summed E-state index contributed by atoms with van der Waals surface area (Å²) >= 11 is 0. The molecule has 0 saturated carbocycles. The Morgan fingerprint density at radius 2 is 1.85 bits per heavy atom. The number of benzene rings is 1. The lowest BCUT2D eigenvalue weighted by molar-refractivity contribution is -0.0423. The van der Waals surface area contributed by atoms with E-state index in [1.165, 1.54) is 11.9 Å². The molecule has 0 unspecified atom stereocenters. The summed E-state index contributed by atoms with van der Waals surface area (Å²) in [5.74, 6) is 0.219. The number of carbonyl (C=O) groups is 1. The number of aliphatic hydroxyl groups is 2. The molecule has 0 spiro atoms. The number of amides is 2. The Labute approximate surface area is 235 Å². The number of likely N-dealkylation sites (N-methyl/N-ethyl adjacent to an activating group) is 1. The minimum atomic E-state index is -1.15. The maximum Gasteiger partial charge on any atom is 0.319 e. The van der Waals surface area contributed by atoms with Crippen LogP contribution in [0.3, 0.4) is 0 Å². The van der Waals surface area contributed by atoms with Crippen molar-refractivity contribution >= 4 is 28.6 Å². The summed E-state index contributed by atoms with van der Waals surface area (Å²) < 4.78 is 7.69. The van der Waals surface area contributed by atoms with Crippen LogP contribution in [0.1, 0.15) is 52.8 Å². The van der Waals surface area contributed by atoms with E-state index in [0.717, 1.165) is 5.69 Å². The lowest BCUT2D eigenvalue weighted by Gasteiger charge is -2.27. The van der Waals surface area contributed by atoms with E-state index >= 15 is 0 Å². The first-order chi connectivity index (χ1) is 18.8. The van der Waals surface area contributed by atoms with Crippen molar-refractivity contribution in [2.24, 2.45) is 5.92 Å². The molecule has 0 bridgehead atoms. The zero-order valence-corrected chi connectivity index (χ0v) is 24.2. The first-order valence-electron chi connectivity index (χ1n) is 13.8. The van der Waals surface area contributed by atoms with Gasteiger partial charge in [-0.25, -0.2) is 14.8 Å². The van der Waals surface area contributed by atoms with Gasteiger partial charge in [0.05, 0.1) is 12.0 Å². The number of ether oxygens (including phenoxy) is 1. The molecule has 5 atom stereocenters. The number of aromatic nitrogens is 3. The van der Waals surface area contributed by atoms with Crippen molar-refractivity contribution in [3.63, 3.8) is 0 Å². The van der Waals surface area contributed by atoms with Crippen molar-refractivity contribution in [2.75, 3.05) is 31.2 Å².